The normalized spacial score (nSPS) is 10.5. The first-order valence-corrected chi connectivity index (χ1v) is 5.78. The number of hydrogen-bond acceptors (Lipinski definition) is 2. The zero-order chi connectivity index (χ0) is 12.1. The Morgan fingerprint density at radius 1 is 1.29 bits per heavy atom. The molecule has 4 heteroatoms. The molecular weight excluding hydrogens is 217 g/mol. The van der Waals surface area contributed by atoms with Crippen LogP contribution in [0, 0.1) is 5.82 Å². The largest absolute Gasteiger partial charge is 0.379 e. The molecule has 17 heavy (non-hydrogen) atoms. The molecule has 3 nitrogen and oxygen atoms in total. The summed E-state index contributed by atoms with van der Waals surface area (Å²) < 4.78 is 14.8. The standard InChI is InChI=1S/C13H16FN3/c1-2-7-17-10-15-8-13(17)9-16-12-5-3-11(14)4-6-12/h3-6,8,10,16H,2,7,9H2,1H3. The molecule has 1 heterocycles. The van der Waals surface area contributed by atoms with E-state index >= 15 is 0 Å². The molecule has 1 aromatic carbocycles. The number of aromatic nitrogens is 2. The van der Waals surface area contributed by atoms with Crippen LogP contribution < -0.4 is 5.32 Å². The van der Waals surface area contributed by atoms with Crippen LogP contribution in [0.5, 0.6) is 0 Å². The topological polar surface area (TPSA) is 29.9 Å². The maximum absolute atomic E-state index is 12.7. The summed E-state index contributed by atoms with van der Waals surface area (Å²) in [6.45, 7) is 3.81. The van der Waals surface area contributed by atoms with Gasteiger partial charge >= 0.3 is 0 Å². The molecule has 0 atom stereocenters. The van der Waals surface area contributed by atoms with Gasteiger partial charge in [-0.15, -0.1) is 0 Å². The third-order valence-corrected chi connectivity index (χ3v) is 2.58. The summed E-state index contributed by atoms with van der Waals surface area (Å²) in [6, 6.07) is 6.36. The second-order valence-corrected chi connectivity index (χ2v) is 3.94. The van der Waals surface area contributed by atoms with Crippen molar-refractivity contribution in [2.75, 3.05) is 5.32 Å². The van der Waals surface area contributed by atoms with Gasteiger partial charge in [-0.2, -0.15) is 0 Å². The van der Waals surface area contributed by atoms with Crippen LogP contribution in [0.15, 0.2) is 36.8 Å². The van der Waals surface area contributed by atoms with E-state index in [1.807, 2.05) is 12.5 Å². The maximum atomic E-state index is 12.7. The van der Waals surface area contributed by atoms with Crippen molar-refractivity contribution in [1.29, 1.82) is 0 Å². The van der Waals surface area contributed by atoms with Crippen LogP contribution in [0.25, 0.3) is 0 Å². The van der Waals surface area contributed by atoms with Crippen LogP contribution in [0.4, 0.5) is 10.1 Å². The SMILES string of the molecule is CCCn1cncc1CNc1ccc(F)cc1. The van der Waals surface area contributed by atoms with Gasteiger partial charge in [0.05, 0.1) is 18.6 Å². The first-order chi connectivity index (χ1) is 8.29. The predicted octanol–water partition coefficient (Wildman–Crippen LogP) is 3.04. The van der Waals surface area contributed by atoms with E-state index in [2.05, 4.69) is 21.8 Å². The molecule has 0 aliphatic carbocycles. The van der Waals surface area contributed by atoms with E-state index < -0.39 is 0 Å². The molecular formula is C13H16FN3. The molecule has 0 radical (unpaired) electrons. The highest BCUT2D eigenvalue weighted by molar-refractivity contribution is 5.42. The van der Waals surface area contributed by atoms with Crippen LogP contribution in [0.1, 0.15) is 19.0 Å². The lowest BCUT2D eigenvalue weighted by molar-refractivity contribution is 0.628. The van der Waals surface area contributed by atoms with E-state index in [1.54, 1.807) is 12.1 Å². The van der Waals surface area contributed by atoms with Gasteiger partial charge in [0.1, 0.15) is 5.82 Å². The van der Waals surface area contributed by atoms with Crippen LogP contribution in [0.3, 0.4) is 0 Å². The van der Waals surface area contributed by atoms with E-state index in [4.69, 9.17) is 0 Å². The van der Waals surface area contributed by atoms with Crippen LogP contribution in [-0.2, 0) is 13.1 Å². The minimum absolute atomic E-state index is 0.216. The van der Waals surface area contributed by atoms with Crippen molar-refractivity contribution in [2.24, 2.45) is 0 Å². The fraction of sp³-hybridized carbons (Fsp3) is 0.308. The number of rotatable bonds is 5. The number of nitrogens with one attached hydrogen (secondary N) is 1. The quantitative estimate of drug-likeness (QED) is 0.860. The van der Waals surface area contributed by atoms with Crippen molar-refractivity contribution < 1.29 is 4.39 Å². The fourth-order valence-electron chi connectivity index (χ4n) is 1.70. The average molecular weight is 233 g/mol. The van der Waals surface area contributed by atoms with Gasteiger partial charge in [0, 0.05) is 18.4 Å². The molecule has 2 aromatic rings. The van der Waals surface area contributed by atoms with E-state index in [0.29, 0.717) is 6.54 Å². The Hall–Kier alpha value is -1.84. The first kappa shape index (κ1) is 11.6. The highest BCUT2D eigenvalue weighted by Crippen LogP contribution is 2.10. The van der Waals surface area contributed by atoms with Crippen molar-refractivity contribution in [3.05, 3.63) is 48.3 Å². The molecule has 0 spiro atoms. The summed E-state index contributed by atoms with van der Waals surface area (Å²) in [7, 11) is 0. The number of anilines is 1. The van der Waals surface area contributed by atoms with Crippen molar-refractivity contribution >= 4 is 5.69 Å². The number of halogens is 1. The third kappa shape index (κ3) is 3.06. The van der Waals surface area contributed by atoms with Crippen molar-refractivity contribution in [3.63, 3.8) is 0 Å². The first-order valence-electron chi connectivity index (χ1n) is 5.78. The molecule has 0 bridgehead atoms. The summed E-state index contributed by atoms with van der Waals surface area (Å²) in [4.78, 5) is 4.13. The summed E-state index contributed by atoms with van der Waals surface area (Å²) >= 11 is 0. The second-order valence-electron chi connectivity index (χ2n) is 3.94. The van der Waals surface area contributed by atoms with E-state index in [-0.39, 0.29) is 5.82 Å². The fourth-order valence-corrected chi connectivity index (χ4v) is 1.70. The molecule has 0 saturated carbocycles. The molecule has 90 valence electrons. The summed E-state index contributed by atoms with van der Waals surface area (Å²) in [5, 5.41) is 3.25. The highest BCUT2D eigenvalue weighted by atomic mass is 19.1. The lowest BCUT2D eigenvalue weighted by atomic mass is 10.3. The highest BCUT2D eigenvalue weighted by Gasteiger charge is 2.01. The molecule has 0 saturated heterocycles. The molecule has 0 aliphatic heterocycles. The minimum atomic E-state index is -0.216. The van der Waals surface area contributed by atoms with Gasteiger partial charge < -0.3 is 9.88 Å². The lowest BCUT2D eigenvalue weighted by Gasteiger charge is -2.09. The Morgan fingerprint density at radius 3 is 2.76 bits per heavy atom. The predicted molar refractivity (Wildman–Crippen MR) is 66.2 cm³/mol. The van der Waals surface area contributed by atoms with Crippen molar-refractivity contribution in [1.82, 2.24) is 9.55 Å². The number of benzene rings is 1. The summed E-state index contributed by atoms with van der Waals surface area (Å²) in [6.07, 6.45) is 4.78. The Kier molecular flexibility index (Phi) is 3.75. The number of hydrogen-bond donors (Lipinski definition) is 1. The molecule has 1 aromatic heterocycles. The number of aryl methyl sites for hydroxylation is 1. The van der Waals surface area contributed by atoms with E-state index in [0.717, 1.165) is 24.3 Å². The minimum Gasteiger partial charge on any atom is -0.379 e. The van der Waals surface area contributed by atoms with Crippen molar-refractivity contribution in [3.8, 4) is 0 Å². The van der Waals surface area contributed by atoms with E-state index in [1.165, 1.54) is 12.1 Å². The number of imidazole rings is 1. The van der Waals surface area contributed by atoms with Gasteiger partial charge in [0.15, 0.2) is 0 Å². The Labute approximate surface area is 100 Å². The zero-order valence-electron chi connectivity index (χ0n) is 9.86. The lowest BCUT2D eigenvalue weighted by Crippen LogP contribution is -2.06. The number of nitrogens with zero attached hydrogens (tertiary/aromatic N) is 2. The molecule has 0 fully saturated rings. The van der Waals surface area contributed by atoms with E-state index in [9.17, 15) is 4.39 Å². The smallest absolute Gasteiger partial charge is 0.123 e. The molecule has 1 N–H and O–H groups in total. The molecule has 0 amide bonds. The van der Waals surface area contributed by atoms with Gasteiger partial charge in [0.2, 0.25) is 0 Å². The molecule has 2 rings (SSSR count). The van der Waals surface area contributed by atoms with Crippen molar-refractivity contribution in [2.45, 2.75) is 26.4 Å². The van der Waals surface area contributed by atoms with Gasteiger partial charge in [-0.05, 0) is 30.7 Å². The molecule has 0 aliphatic rings. The monoisotopic (exact) mass is 233 g/mol. The third-order valence-electron chi connectivity index (χ3n) is 2.58. The Balaban J connectivity index is 1.97. The van der Waals surface area contributed by atoms with Crippen LogP contribution in [0.2, 0.25) is 0 Å². The Morgan fingerprint density at radius 2 is 2.06 bits per heavy atom. The zero-order valence-corrected chi connectivity index (χ0v) is 9.86. The molecule has 0 unspecified atom stereocenters. The van der Waals surface area contributed by atoms with Crippen LogP contribution in [-0.4, -0.2) is 9.55 Å². The van der Waals surface area contributed by atoms with Gasteiger partial charge in [-0.25, -0.2) is 9.37 Å². The summed E-state index contributed by atoms with van der Waals surface area (Å²) in [5.41, 5.74) is 2.05. The van der Waals surface area contributed by atoms with Gasteiger partial charge in [-0.3, -0.25) is 0 Å². The average Bonchev–Trinajstić information content (AvgIpc) is 2.77. The van der Waals surface area contributed by atoms with Crippen LogP contribution >= 0.6 is 0 Å². The van der Waals surface area contributed by atoms with Gasteiger partial charge in [0.25, 0.3) is 0 Å². The Bertz CT molecular complexity index is 462. The second kappa shape index (κ2) is 5.48. The maximum Gasteiger partial charge on any atom is 0.123 e. The van der Waals surface area contributed by atoms with Gasteiger partial charge in [-0.1, -0.05) is 6.92 Å². The summed E-state index contributed by atoms with van der Waals surface area (Å²) in [5.74, 6) is -0.216.